The Morgan fingerprint density at radius 3 is 2.19 bits per heavy atom. The van der Waals surface area contributed by atoms with E-state index in [2.05, 4.69) is 61.4 Å². The van der Waals surface area contributed by atoms with Gasteiger partial charge in [0.1, 0.15) is 6.10 Å². The van der Waals surface area contributed by atoms with Crippen molar-refractivity contribution in [2.24, 2.45) is 14.1 Å². The number of rotatable bonds is 5. The molecule has 1 aliphatic rings. The standard InChI is InChI=1S/C29H34N4O3/c1-7-32(8-2)21-16-14-20(15-17-21)26-25-24-22(27(34)31(6)28(35)30(24)5)23(19-12-10-9-11-13-19)33(25)29(3,4)18-36-26/h9-17,26H,7-8,18H2,1-6H3/t26-/m1/s1. The van der Waals surface area contributed by atoms with Crippen LogP contribution in [0.1, 0.15) is 45.1 Å². The summed E-state index contributed by atoms with van der Waals surface area (Å²) < 4.78 is 11.6. The van der Waals surface area contributed by atoms with Crippen LogP contribution in [-0.2, 0) is 24.4 Å². The maximum atomic E-state index is 13.6. The van der Waals surface area contributed by atoms with Gasteiger partial charge in [-0.15, -0.1) is 0 Å². The molecular weight excluding hydrogens is 452 g/mol. The van der Waals surface area contributed by atoms with Crippen LogP contribution in [0.2, 0.25) is 0 Å². The van der Waals surface area contributed by atoms with E-state index in [0.29, 0.717) is 17.5 Å². The monoisotopic (exact) mass is 486 g/mol. The lowest BCUT2D eigenvalue weighted by Gasteiger charge is -2.39. The van der Waals surface area contributed by atoms with E-state index in [1.165, 1.54) is 4.57 Å². The average Bonchev–Trinajstić information content (AvgIpc) is 3.26. The summed E-state index contributed by atoms with van der Waals surface area (Å²) in [5, 5.41) is 0.545. The van der Waals surface area contributed by atoms with Crippen LogP contribution >= 0.6 is 0 Å². The van der Waals surface area contributed by atoms with Crippen molar-refractivity contribution in [3.63, 3.8) is 0 Å². The fourth-order valence-corrected chi connectivity index (χ4v) is 5.57. The molecule has 36 heavy (non-hydrogen) atoms. The van der Waals surface area contributed by atoms with E-state index >= 15 is 0 Å². The highest BCUT2D eigenvalue weighted by Crippen LogP contribution is 2.45. The zero-order valence-corrected chi connectivity index (χ0v) is 21.9. The fourth-order valence-electron chi connectivity index (χ4n) is 5.57. The van der Waals surface area contributed by atoms with Crippen molar-refractivity contribution in [3.8, 4) is 11.3 Å². The Hall–Kier alpha value is -3.58. The third-order valence-electron chi connectivity index (χ3n) is 7.44. The van der Waals surface area contributed by atoms with E-state index in [0.717, 1.165) is 41.3 Å². The van der Waals surface area contributed by atoms with E-state index in [1.807, 2.05) is 30.3 Å². The van der Waals surface area contributed by atoms with Crippen molar-refractivity contribution in [2.75, 3.05) is 24.6 Å². The lowest BCUT2D eigenvalue weighted by Crippen LogP contribution is -2.40. The van der Waals surface area contributed by atoms with Crippen molar-refractivity contribution in [1.82, 2.24) is 13.7 Å². The van der Waals surface area contributed by atoms with E-state index in [9.17, 15) is 9.59 Å². The first kappa shape index (κ1) is 24.1. The molecule has 2 aromatic carbocycles. The molecule has 1 aliphatic heterocycles. The lowest BCUT2D eigenvalue weighted by atomic mass is 9.97. The summed E-state index contributed by atoms with van der Waals surface area (Å²) in [6, 6.07) is 18.4. The second-order valence-electron chi connectivity index (χ2n) is 10.1. The van der Waals surface area contributed by atoms with Crippen molar-refractivity contribution in [2.45, 2.75) is 39.3 Å². The zero-order chi connectivity index (χ0) is 25.8. The van der Waals surface area contributed by atoms with Gasteiger partial charge in [0.15, 0.2) is 0 Å². The Morgan fingerprint density at radius 1 is 0.944 bits per heavy atom. The quantitative estimate of drug-likeness (QED) is 0.419. The third kappa shape index (κ3) is 3.53. The van der Waals surface area contributed by atoms with E-state index < -0.39 is 11.6 Å². The van der Waals surface area contributed by atoms with Crippen LogP contribution in [0.15, 0.2) is 64.2 Å². The SMILES string of the molecule is CCN(CC)c1ccc([C@H]2OCC(C)(C)n3c(-c4ccccc4)c4c(=O)n(C)c(=O)n(C)c4c32)cc1. The Morgan fingerprint density at radius 2 is 1.58 bits per heavy atom. The van der Waals surface area contributed by atoms with Gasteiger partial charge >= 0.3 is 5.69 Å². The zero-order valence-electron chi connectivity index (χ0n) is 21.9. The first-order valence-electron chi connectivity index (χ1n) is 12.6. The van der Waals surface area contributed by atoms with Gasteiger partial charge in [0, 0.05) is 32.9 Å². The minimum absolute atomic E-state index is 0.291. The second-order valence-corrected chi connectivity index (χ2v) is 10.1. The number of ether oxygens (including phenoxy) is 1. The molecule has 0 N–H and O–H groups in total. The molecule has 0 unspecified atom stereocenters. The number of nitrogens with zero attached hydrogens (tertiary/aromatic N) is 4. The van der Waals surface area contributed by atoms with Crippen LogP contribution in [0.3, 0.4) is 0 Å². The normalized spacial score (nSPS) is 16.8. The Balaban J connectivity index is 1.86. The number of aromatic nitrogens is 3. The van der Waals surface area contributed by atoms with Crippen LogP contribution in [0.4, 0.5) is 5.69 Å². The summed E-state index contributed by atoms with van der Waals surface area (Å²) in [4.78, 5) is 29.0. The molecule has 3 heterocycles. The highest BCUT2D eigenvalue weighted by Gasteiger charge is 2.40. The summed E-state index contributed by atoms with van der Waals surface area (Å²) in [5.41, 5.74) is 4.32. The fraction of sp³-hybridized carbons (Fsp3) is 0.379. The number of benzene rings is 2. The Bertz CT molecular complexity index is 1540. The molecule has 0 amide bonds. The Kier molecular flexibility index (Phi) is 5.91. The van der Waals surface area contributed by atoms with Crippen LogP contribution in [0.5, 0.6) is 0 Å². The topological polar surface area (TPSA) is 61.4 Å². The van der Waals surface area contributed by atoms with Gasteiger partial charge in [-0.1, -0.05) is 42.5 Å². The highest BCUT2D eigenvalue weighted by molar-refractivity contribution is 5.96. The molecule has 5 rings (SSSR count). The first-order valence-corrected chi connectivity index (χ1v) is 12.6. The van der Waals surface area contributed by atoms with Gasteiger partial charge in [0.25, 0.3) is 5.56 Å². The minimum Gasteiger partial charge on any atom is -0.372 e. The number of anilines is 1. The summed E-state index contributed by atoms with van der Waals surface area (Å²) in [7, 11) is 3.28. The third-order valence-corrected chi connectivity index (χ3v) is 7.44. The minimum atomic E-state index is -0.432. The van der Waals surface area contributed by atoms with Gasteiger partial charge in [-0.3, -0.25) is 13.9 Å². The predicted octanol–water partition coefficient (Wildman–Crippen LogP) is 4.41. The van der Waals surface area contributed by atoms with Crippen LogP contribution in [-0.4, -0.2) is 33.4 Å². The molecule has 0 fully saturated rings. The van der Waals surface area contributed by atoms with E-state index in [-0.39, 0.29) is 11.2 Å². The van der Waals surface area contributed by atoms with Crippen molar-refractivity contribution >= 4 is 16.6 Å². The van der Waals surface area contributed by atoms with E-state index in [4.69, 9.17) is 4.74 Å². The van der Waals surface area contributed by atoms with Gasteiger partial charge in [0.2, 0.25) is 0 Å². The van der Waals surface area contributed by atoms with Gasteiger partial charge in [-0.05, 0) is 51.0 Å². The predicted molar refractivity (Wildman–Crippen MR) is 145 cm³/mol. The smallest absolute Gasteiger partial charge is 0.331 e. The summed E-state index contributed by atoms with van der Waals surface area (Å²) >= 11 is 0. The van der Waals surface area contributed by atoms with E-state index in [1.54, 1.807) is 18.7 Å². The molecule has 7 nitrogen and oxygen atoms in total. The second kappa shape index (κ2) is 8.82. The molecule has 1 atom stereocenters. The lowest BCUT2D eigenvalue weighted by molar-refractivity contribution is -0.00706. The maximum absolute atomic E-state index is 13.6. The number of fused-ring (bicyclic) bond motifs is 3. The van der Waals surface area contributed by atoms with Gasteiger partial charge in [-0.25, -0.2) is 4.79 Å². The van der Waals surface area contributed by atoms with Crippen LogP contribution < -0.4 is 16.1 Å². The number of hydrogen-bond donors (Lipinski definition) is 0. The maximum Gasteiger partial charge on any atom is 0.331 e. The Labute approximate surface area is 211 Å². The average molecular weight is 487 g/mol. The number of hydrogen-bond acceptors (Lipinski definition) is 4. The summed E-state index contributed by atoms with van der Waals surface area (Å²) in [6.45, 7) is 10.9. The highest BCUT2D eigenvalue weighted by atomic mass is 16.5. The largest absolute Gasteiger partial charge is 0.372 e. The molecule has 0 saturated carbocycles. The molecule has 0 saturated heterocycles. The van der Waals surface area contributed by atoms with Gasteiger partial charge in [0.05, 0.1) is 34.4 Å². The van der Waals surface area contributed by atoms with Crippen LogP contribution in [0, 0.1) is 0 Å². The molecular formula is C29H34N4O3. The van der Waals surface area contributed by atoms with Crippen molar-refractivity contribution in [1.29, 1.82) is 0 Å². The van der Waals surface area contributed by atoms with Gasteiger partial charge < -0.3 is 14.2 Å². The summed E-state index contributed by atoms with van der Waals surface area (Å²) in [5.74, 6) is 0. The molecule has 0 radical (unpaired) electrons. The molecule has 4 aromatic rings. The molecule has 0 bridgehead atoms. The van der Waals surface area contributed by atoms with Crippen LogP contribution in [0.25, 0.3) is 22.2 Å². The molecule has 2 aromatic heterocycles. The summed E-state index contributed by atoms with van der Waals surface area (Å²) in [6.07, 6.45) is -0.415. The molecule has 188 valence electrons. The van der Waals surface area contributed by atoms with Gasteiger partial charge in [-0.2, -0.15) is 0 Å². The number of aryl methyl sites for hydroxylation is 1. The van der Waals surface area contributed by atoms with Crippen molar-refractivity contribution in [3.05, 3.63) is 86.7 Å². The molecule has 7 heteroatoms. The first-order chi connectivity index (χ1) is 17.2. The van der Waals surface area contributed by atoms with Crippen molar-refractivity contribution < 1.29 is 4.74 Å². The molecule has 0 spiro atoms. The molecule has 0 aliphatic carbocycles.